The molecule has 0 bridgehead atoms. The average Bonchev–Trinajstić information content (AvgIpc) is 2.74. The molecule has 2 aromatic rings. The number of aryl methyl sites for hydroxylation is 2. The van der Waals surface area contributed by atoms with Gasteiger partial charge in [0.05, 0.1) is 0 Å². The standard InChI is InChI=1S/C16H13FO/c1-10-2-6-15(17)13(8-10)12-4-3-11-5-7-16(18)14(11)9-12/h2-4,6,8-9H,5,7H2,1H3. The molecule has 90 valence electrons. The lowest BCUT2D eigenvalue weighted by atomic mass is 9.98. The van der Waals surface area contributed by atoms with E-state index in [-0.39, 0.29) is 11.6 Å². The maximum Gasteiger partial charge on any atom is 0.163 e. The topological polar surface area (TPSA) is 17.1 Å². The Kier molecular flexibility index (Phi) is 2.51. The van der Waals surface area contributed by atoms with Crippen LogP contribution in [0.15, 0.2) is 36.4 Å². The van der Waals surface area contributed by atoms with Gasteiger partial charge < -0.3 is 0 Å². The third-order valence-electron chi connectivity index (χ3n) is 3.46. The van der Waals surface area contributed by atoms with Crippen molar-refractivity contribution in [3.63, 3.8) is 0 Å². The number of rotatable bonds is 1. The van der Waals surface area contributed by atoms with Gasteiger partial charge in [0.15, 0.2) is 5.78 Å². The molecule has 2 heteroatoms. The highest BCUT2D eigenvalue weighted by atomic mass is 19.1. The molecule has 1 aliphatic carbocycles. The quantitative estimate of drug-likeness (QED) is 0.738. The summed E-state index contributed by atoms with van der Waals surface area (Å²) in [6.07, 6.45) is 1.39. The van der Waals surface area contributed by atoms with Crippen LogP contribution >= 0.6 is 0 Å². The molecule has 2 aromatic carbocycles. The molecule has 0 saturated heterocycles. The lowest BCUT2D eigenvalue weighted by molar-refractivity contribution is 0.0994. The van der Waals surface area contributed by atoms with Crippen LogP contribution in [0.4, 0.5) is 4.39 Å². The van der Waals surface area contributed by atoms with Crippen LogP contribution in [0.1, 0.15) is 27.9 Å². The minimum absolute atomic E-state index is 0.167. The molecule has 0 amide bonds. The van der Waals surface area contributed by atoms with Crippen molar-refractivity contribution >= 4 is 5.78 Å². The Bertz CT molecular complexity index is 644. The van der Waals surface area contributed by atoms with E-state index in [1.54, 1.807) is 6.07 Å². The van der Waals surface area contributed by atoms with E-state index < -0.39 is 0 Å². The second kappa shape index (κ2) is 4.05. The number of carbonyl (C=O) groups excluding carboxylic acids is 1. The van der Waals surface area contributed by atoms with Crippen LogP contribution in [-0.4, -0.2) is 5.78 Å². The van der Waals surface area contributed by atoms with Crippen LogP contribution in [0.3, 0.4) is 0 Å². The second-order valence-electron chi connectivity index (χ2n) is 4.78. The first-order valence-corrected chi connectivity index (χ1v) is 6.08. The van der Waals surface area contributed by atoms with Gasteiger partial charge in [-0.3, -0.25) is 4.79 Å². The first kappa shape index (κ1) is 11.1. The fourth-order valence-electron chi connectivity index (χ4n) is 2.46. The van der Waals surface area contributed by atoms with Crippen molar-refractivity contribution in [2.24, 2.45) is 0 Å². The van der Waals surface area contributed by atoms with E-state index in [0.29, 0.717) is 12.0 Å². The number of fused-ring (bicyclic) bond motifs is 1. The van der Waals surface area contributed by atoms with Gasteiger partial charge in [0.1, 0.15) is 5.82 Å². The van der Waals surface area contributed by atoms with Crippen molar-refractivity contribution in [2.45, 2.75) is 19.8 Å². The molecular formula is C16H13FO. The molecule has 0 unspecified atom stereocenters. The van der Waals surface area contributed by atoms with E-state index >= 15 is 0 Å². The van der Waals surface area contributed by atoms with Crippen molar-refractivity contribution in [1.29, 1.82) is 0 Å². The van der Waals surface area contributed by atoms with Gasteiger partial charge in [-0.05, 0) is 42.7 Å². The zero-order valence-corrected chi connectivity index (χ0v) is 10.2. The van der Waals surface area contributed by atoms with Crippen molar-refractivity contribution in [1.82, 2.24) is 0 Å². The molecule has 0 fully saturated rings. The van der Waals surface area contributed by atoms with Gasteiger partial charge in [-0.25, -0.2) is 4.39 Å². The number of benzene rings is 2. The van der Waals surface area contributed by atoms with Crippen molar-refractivity contribution < 1.29 is 9.18 Å². The molecule has 0 atom stereocenters. The highest BCUT2D eigenvalue weighted by Crippen LogP contribution is 2.29. The largest absolute Gasteiger partial charge is 0.294 e. The lowest BCUT2D eigenvalue weighted by Crippen LogP contribution is -1.93. The SMILES string of the molecule is Cc1ccc(F)c(-c2ccc3c(c2)C(=O)CC3)c1. The van der Waals surface area contributed by atoms with Crippen LogP contribution in [0.2, 0.25) is 0 Å². The molecule has 18 heavy (non-hydrogen) atoms. The normalized spacial score (nSPS) is 13.8. The summed E-state index contributed by atoms with van der Waals surface area (Å²) in [5.41, 5.74) is 4.20. The number of hydrogen-bond acceptors (Lipinski definition) is 1. The fourth-order valence-corrected chi connectivity index (χ4v) is 2.46. The Morgan fingerprint density at radius 2 is 1.83 bits per heavy atom. The van der Waals surface area contributed by atoms with Gasteiger partial charge >= 0.3 is 0 Å². The van der Waals surface area contributed by atoms with Gasteiger partial charge in [-0.1, -0.05) is 23.8 Å². The Labute approximate surface area is 105 Å². The van der Waals surface area contributed by atoms with Gasteiger partial charge in [0.25, 0.3) is 0 Å². The molecule has 0 radical (unpaired) electrons. The average molecular weight is 240 g/mol. The highest BCUT2D eigenvalue weighted by molar-refractivity contribution is 6.01. The van der Waals surface area contributed by atoms with Crippen LogP contribution in [-0.2, 0) is 6.42 Å². The summed E-state index contributed by atoms with van der Waals surface area (Å²) in [6.45, 7) is 1.93. The first-order chi connectivity index (χ1) is 8.65. The van der Waals surface area contributed by atoms with Crippen LogP contribution in [0, 0.1) is 12.7 Å². The van der Waals surface area contributed by atoms with E-state index in [0.717, 1.165) is 28.7 Å². The highest BCUT2D eigenvalue weighted by Gasteiger charge is 2.20. The van der Waals surface area contributed by atoms with Crippen molar-refractivity contribution in [3.8, 4) is 11.1 Å². The van der Waals surface area contributed by atoms with E-state index in [1.807, 2.05) is 31.2 Å². The van der Waals surface area contributed by atoms with Crippen molar-refractivity contribution in [3.05, 3.63) is 58.9 Å². The van der Waals surface area contributed by atoms with Crippen LogP contribution in [0.5, 0.6) is 0 Å². The predicted molar refractivity (Wildman–Crippen MR) is 69.2 cm³/mol. The maximum atomic E-state index is 13.8. The van der Waals surface area contributed by atoms with Gasteiger partial charge in [-0.2, -0.15) is 0 Å². The zero-order valence-electron chi connectivity index (χ0n) is 10.2. The zero-order chi connectivity index (χ0) is 12.7. The fraction of sp³-hybridized carbons (Fsp3) is 0.188. The van der Waals surface area contributed by atoms with Crippen molar-refractivity contribution in [2.75, 3.05) is 0 Å². The van der Waals surface area contributed by atoms with Crippen LogP contribution in [0.25, 0.3) is 11.1 Å². The number of Topliss-reactive ketones (excluding diaryl/α,β-unsaturated/α-hetero) is 1. The van der Waals surface area contributed by atoms with Gasteiger partial charge in [-0.15, -0.1) is 0 Å². The minimum Gasteiger partial charge on any atom is -0.294 e. The Morgan fingerprint density at radius 1 is 1.00 bits per heavy atom. The smallest absolute Gasteiger partial charge is 0.163 e. The van der Waals surface area contributed by atoms with E-state index in [4.69, 9.17) is 0 Å². The maximum absolute atomic E-state index is 13.8. The summed E-state index contributed by atoms with van der Waals surface area (Å²) >= 11 is 0. The first-order valence-electron chi connectivity index (χ1n) is 6.08. The molecule has 0 aliphatic heterocycles. The molecule has 0 aromatic heterocycles. The van der Waals surface area contributed by atoms with E-state index in [9.17, 15) is 9.18 Å². The molecule has 0 saturated carbocycles. The molecule has 0 heterocycles. The summed E-state index contributed by atoms with van der Waals surface area (Å²) in [7, 11) is 0. The second-order valence-corrected chi connectivity index (χ2v) is 4.78. The summed E-state index contributed by atoms with van der Waals surface area (Å²) in [6, 6.07) is 10.7. The Morgan fingerprint density at radius 3 is 2.67 bits per heavy atom. The van der Waals surface area contributed by atoms with Gasteiger partial charge in [0, 0.05) is 17.5 Å². The minimum atomic E-state index is -0.244. The summed E-state index contributed by atoms with van der Waals surface area (Å²) in [5.74, 6) is -0.0779. The van der Waals surface area contributed by atoms with E-state index in [2.05, 4.69) is 0 Å². The summed E-state index contributed by atoms with van der Waals surface area (Å²) in [4.78, 5) is 11.7. The molecule has 0 N–H and O–H groups in total. The third kappa shape index (κ3) is 1.74. The number of ketones is 1. The molecular weight excluding hydrogens is 227 g/mol. The number of hydrogen-bond donors (Lipinski definition) is 0. The predicted octanol–water partition coefficient (Wildman–Crippen LogP) is 3.93. The Balaban J connectivity index is 2.16. The molecule has 1 nitrogen and oxygen atoms in total. The molecule has 1 aliphatic rings. The molecule has 3 rings (SSSR count). The van der Waals surface area contributed by atoms with Crippen LogP contribution < -0.4 is 0 Å². The number of halogens is 1. The van der Waals surface area contributed by atoms with E-state index in [1.165, 1.54) is 6.07 Å². The Hall–Kier alpha value is -1.96. The lowest BCUT2D eigenvalue weighted by Gasteiger charge is -2.07. The number of carbonyl (C=O) groups is 1. The third-order valence-corrected chi connectivity index (χ3v) is 3.46. The van der Waals surface area contributed by atoms with Gasteiger partial charge in [0.2, 0.25) is 0 Å². The summed E-state index contributed by atoms with van der Waals surface area (Å²) < 4.78 is 13.8. The summed E-state index contributed by atoms with van der Waals surface area (Å²) in [5, 5.41) is 0. The molecule has 0 spiro atoms. The monoisotopic (exact) mass is 240 g/mol.